The van der Waals surface area contributed by atoms with Gasteiger partial charge in [0.05, 0.1) is 17.5 Å². The van der Waals surface area contributed by atoms with Crippen LogP contribution in [-0.4, -0.2) is 53.5 Å². The summed E-state index contributed by atoms with van der Waals surface area (Å²) in [6.07, 6.45) is 1.49. The summed E-state index contributed by atoms with van der Waals surface area (Å²) in [5.41, 5.74) is 9.71. The summed E-state index contributed by atoms with van der Waals surface area (Å²) in [5.74, 6) is -0.289. The third kappa shape index (κ3) is 4.90. The molecule has 1 fully saturated rings. The van der Waals surface area contributed by atoms with Gasteiger partial charge < -0.3 is 20.9 Å². The first-order chi connectivity index (χ1) is 16.5. The number of nitrogens with one attached hydrogen (secondary N) is 1. The number of benzene rings is 2. The van der Waals surface area contributed by atoms with Crippen molar-refractivity contribution in [2.24, 2.45) is 5.73 Å². The van der Waals surface area contributed by atoms with Crippen molar-refractivity contribution in [2.45, 2.75) is 6.92 Å². The van der Waals surface area contributed by atoms with E-state index in [0.717, 1.165) is 44.0 Å². The second-order valence-corrected chi connectivity index (χ2v) is 8.05. The van der Waals surface area contributed by atoms with Crippen LogP contribution in [-0.2, 0) is 4.79 Å². The van der Waals surface area contributed by atoms with E-state index in [1.54, 1.807) is 0 Å². The molecule has 172 valence electrons. The number of hydrogen-bond donors (Lipinski definition) is 2. The number of piperazine rings is 1. The summed E-state index contributed by atoms with van der Waals surface area (Å²) in [7, 11) is 0. The number of likely N-dealkylation sites (N-methyl/N-ethyl adjacent to an activating group) is 1. The molecule has 8 heteroatoms. The summed E-state index contributed by atoms with van der Waals surface area (Å²) in [6.45, 7) is 10.9. The van der Waals surface area contributed by atoms with Gasteiger partial charge in [-0.15, -0.1) is 0 Å². The summed E-state index contributed by atoms with van der Waals surface area (Å²) >= 11 is 0. The van der Waals surface area contributed by atoms with Crippen molar-refractivity contribution in [1.82, 2.24) is 14.9 Å². The smallest absolute Gasteiger partial charge is 0.248 e. The largest absolute Gasteiger partial charge is 0.369 e. The molecule has 0 saturated carbocycles. The van der Waals surface area contributed by atoms with Crippen molar-refractivity contribution in [3.63, 3.8) is 0 Å². The van der Waals surface area contributed by atoms with E-state index in [2.05, 4.69) is 44.7 Å². The SMILES string of the molecule is C=C(C(N)=O)c1cc(N2CCN(CC)CC2)ccc1Nc1ncc(C#N)c(-c2ccccc2)n1. The Hall–Kier alpha value is -4.22. The van der Waals surface area contributed by atoms with E-state index in [4.69, 9.17) is 5.73 Å². The van der Waals surface area contributed by atoms with Crippen LogP contribution >= 0.6 is 0 Å². The third-order valence-electron chi connectivity index (χ3n) is 6.01. The summed E-state index contributed by atoms with van der Waals surface area (Å²) in [4.78, 5) is 25.6. The van der Waals surface area contributed by atoms with Crippen LogP contribution in [0.5, 0.6) is 0 Å². The lowest BCUT2D eigenvalue weighted by Crippen LogP contribution is -2.46. The van der Waals surface area contributed by atoms with Crippen LogP contribution in [0.1, 0.15) is 18.1 Å². The van der Waals surface area contributed by atoms with Gasteiger partial charge in [0, 0.05) is 54.3 Å². The molecular formula is C26H27N7O. The molecule has 8 nitrogen and oxygen atoms in total. The van der Waals surface area contributed by atoms with E-state index in [1.807, 2.05) is 48.5 Å². The Labute approximate surface area is 199 Å². The molecule has 0 radical (unpaired) electrons. The molecule has 0 atom stereocenters. The molecule has 0 unspecified atom stereocenters. The second kappa shape index (κ2) is 10.1. The minimum absolute atomic E-state index is 0.202. The quantitative estimate of drug-likeness (QED) is 0.528. The Balaban J connectivity index is 1.67. The van der Waals surface area contributed by atoms with Crippen LogP contribution in [0.2, 0.25) is 0 Å². The highest BCUT2D eigenvalue weighted by Gasteiger charge is 2.19. The minimum Gasteiger partial charge on any atom is -0.369 e. The lowest BCUT2D eigenvalue weighted by Gasteiger charge is -2.35. The molecule has 2 aromatic carbocycles. The zero-order valence-corrected chi connectivity index (χ0v) is 19.2. The number of aromatic nitrogens is 2. The van der Waals surface area contributed by atoms with Gasteiger partial charge in [0.2, 0.25) is 11.9 Å². The first-order valence-electron chi connectivity index (χ1n) is 11.2. The predicted octanol–water partition coefficient (Wildman–Crippen LogP) is 3.40. The van der Waals surface area contributed by atoms with Gasteiger partial charge in [0.25, 0.3) is 0 Å². The van der Waals surface area contributed by atoms with Gasteiger partial charge in [0.15, 0.2) is 0 Å². The van der Waals surface area contributed by atoms with Crippen LogP contribution in [0, 0.1) is 11.3 Å². The van der Waals surface area contributed by atoms with Crippen molar-refractivity contribution >= 4 is 28.8 Å². The maximum Gasteiger partial charge on any atom is 0.248 e. The summed E-state index contributed by atoms with van der Waals surface area (Å²) < 4.78 is 0. The summed E-state index contributed by atoms with van der Waals surface area (Å²) in [5, 5.41) is 12.7. The number of amides is 1. The average Bonchev–Trinajstić information content (AvgIpc) is 2.89. The first-order valence-corrected chi connectivity index (χ1v) is 11.2. The summed E-state index contributed by atoms with van der Waals surface area (Å²) in [6, 6.07) is 17.4. The number of primary amides is 1. The number of rotatable bonds is 7. The molecule has 0 aliphatic carbocycles. The van der Waals surface area contributed by atoms with Crippen LogP contribution in [0.4, 0.5) is 17.3 Å². The average molecular weight is 454 g/mol. The van der Waals surface area contributed by atoms with Gasteiger partial charge in [-0.25, -0.2) is 9.97 Å². The monoisotopic (exact) mass is 453 g/mol. The predicted molar refractivity (Wildman–Crippen MR) is 134 cm³/mol. The van der Waals surface area contributed by atoms with E-state index in [1.165, 1.54) is 6.20 Å². The number of anilines is 3. The van der Waals surface area contributed by atoms with Crippen molar-refractivity contribution in [3.05, 3.63) is 72.4 Å². The number of nitrogens with zero attached hydrogens (tertiary/aromatic N) is 5. The van der Waals surface area contributed by atoms with Crippen LogP contribution in [0.15, 0.2) is 61.3 Å². The molecule has 34 heavy (non-hydrogen) atoms. The van der Waals surface area contributed by atoms with Crippen molar-refractivity contribution < 1.29 is 4.79 Å². The van der Waals surface area contributed by atoms with Crippen molar-refractivity contribution in [2.75, 3.05) is 42.9 Å². The lowest BCUT2D eigenvalue weighted by atomic mass is 10.0. The van der Waals surface area contributed by atoms with E-state index in [-0.39, 0.29) is 5.57 Å². The highest BCUT2D eigenvalue weighted by atomic mass is 16.1. The molecule has 4 rings (SSSR count). The fourth-order valence-electron chi connectivity index (χ4n) is 4.00. The molecule has 2 heterocycles. The van der Waals surface area contributed by atoms with Gasteiger partial charge in [-0.1, -0.05) is 43.8 Å². The number of nitriles is 1. The molecule has 3 N–H and O–H groups in total. The molecular weight excluding hydrogens is 426 g/mol. The first kappa shape index (κ1) is 23.0. The Morgan fingerprint density at radius 2 is 1.91 bits per heavy atom. The number of carbonyl (C=O) groups is 1. The highest BCUT2D eigenvalue weighted by molar-refractivity contribution is 6.19. The molecule has 1 aromatic heterocycles. The fraction of sp³-hybridized carbons (Fsp3) is 0.231. The Bertz CT molecular complexity index is 1240. The normalized spacial score (nSPS) is 13.8. The van der Waals surface area contributed by atoms with E-state index < -0.39 is 5.91 Å². The lowest BCUT2D eigenvalue weighted by molar-refractivity contribution is -0.112. The Morgan fingerprint density at radius 3 is 2.56 bits per heavy atom. The van der Waals surface area contributed by atoms with Crippen LogP contribution < -0.4 is 16.0 Å². The molecule has 1 aliphatic rings. The van der Waals surface area contributed by atoms with Gasteiger partial charge in [-0.3, -0.25) is 4.79 Å². The van der Waals surface area contributed by atoms with Crippen molar-refractivity contribution in [1.29, 1.82) is 5.26 Å². The third-order valence-corrected chi connectivity index (χ3v) is 6.01. The molecule has 3 aromatic rings. The number of carbonyl (C=O) groups excluding carboxylic acids is 1. The van der Waals surface area contributed by atoms with E-state index >= 15 is 0 Å². The van der Waals surface area contributed by atoms with Gasteiger partial charge in [0.1, 0.15) is 6.07 Å². The van der Waals surface area contributed by atoms with Gasteiger partial charge in [-0.2, -0.15) is 5.26 Å². The fourth-order valence-corrected chi connectivity index (χ4v) is 4.00. The Kier molecular flexibility index (Phi) is 6.85. The van der Waals surface area contributed by atoms with E-state index in [0.29, 0.717) is 28.5 Å². The molecule has 0 spiro atoms. The van der Waals surface area contributed by atoms with Gasteiger partial charge >= 0.3 is 0 Å². The zero-order chi connectivity index (χ0) is 24.1. The molecule has 1 amide bonds. The van der Waals surface area contributed by atoms with Gasteiger partial charge in [-0.05, 0) is 24.7 Å². The minimum atomic E-state index is -0.596. The second-order valence-electron chi connectivity index (χ2n) is 8.05. The standard InChI is InChI=1S/C26H27N7O/c1-3-32-11-13-33(14-12-32)21-9-10-23(22(15-21)18(2)25(28)34)30-26-29-17-20(16-27)24(31-26)19-7-5-4-6-8-19/h4-10,15,17H,2-3,11-14H2,1H3,(H2,28,34)(H,29,30,31). The maximum atomic E-state index is 12.0. The molecule has 1 aliphatic heterocycles. The highest BCUT2D eigenvalue weighted by Crippen LogP contribution is 2.31. The number of hydrogen-bond acceptors (Lipinski definition) is 7. The molecule has 1 saturated heterocycles. The maximum absolute atomic E-state index is 12.0. The van der Waals surface area contributed by atoms with Crippen LogP contribution in [0.25, 0.3) is 16.8 Å². The topological polar surface area (TPSA) is 111 Å². The molecule has 0 bridgehead atoms. The Morgan fingerprint density at radius 1 is 1.18 bits per heavy atom. The van der Waals surface area contributed by atoms with Crippen LogP contribution in [0.3, 0.4) is 0 Å². The number of nitrogens with two attached hydrogens (primary N) is 1. The zero-order valence-electron chi connectivity index (χ0n) is 19.2. The van der Waals surface area contributed by atoms with Crippen molar-refractivity contribution in [3.8, 4) is 17.3 Å². The van der Waals surface area contributed by atoms with E-state index in [9.17, 15) is 10.1 Å².